The quantitative estimate of drug-likeness (QED) is 0.569. The lowest BCUT2D eigenvalue weighted by Gasteiger charge is -2.23. The van der Waals surface area contributed by atoms with Gasteiger partial charge in [0, 0.05) is 20.8 Å². The van der Waals surface area contributed by atoms with Gasteiger partial charge in [0.2, 0.25) is 0 Å². The molecule has 1 aromatic heterocycles. The number of carbonyl (C=O) groups excluding carboxylic acids is 3. The normalized spacial score (nSPS) is 24.6. The van der Waals surface area contributed by atoms with Crippen LogP contribution < -0.4 is 0 Å². The highest BCUT2D eigenvalue weighted by atomic mass is 16.7. The molecule has 0 N–H and O–H groups in total. The van der Waals surface area contributed by atoms with Crippen LogP contribution in [0.1, 0.15) is 27.0 Å². The summed E-state index contributed by atoms with van der Waals surface area (Å²) in [6.45, 7) is 3.62. The van der Waals surface area contributed by atoms with E-state index in [9.17, 15) is 14.4 Å². The predicted molar refractivity (Wildman–Crippen MR) is 91.4 cm³/mol. The minimum absolute atomic E-state index is 0.145. The zero-order valence-corrected chi connectivity index (χ0v) is 15.2. The minimum Gasteiger partial charge on any atom is -0.463 e. The van der Waals surface area contributed by atoms with Gasteiger partial charge in [-0.1, -0.05) is 12.1 Å². The Morgan fingerprint density at radius 1 is 1.04 bits per heavy atom. The van der Waals surface area contributed by atoms with Gasteiger partial charge in [-0.3, -0.25) is 14.4 Å². The summed E-state index contributed by atoms with van der Waals surface area (Å²) >= 11 is 0. The summed E-state index contributed by atoms with van der Waals surface area (Å²) in [5.41, 5.74) is 1.49. The van der Waals surface area contributed by atoms with E-state index in [1.165, 1.54) is 20.8 Å². The van der Waals surface area contributed by atoms with Gasteiger partial charge in [0.05, 0.1) is 17.4 Å². The van der Waals surface area contributed by atoms with Gasteiger partial charge in [0.15, 0.2) is 18.4 Å². The first-order valence-corrected chi connectivity index (χ1v) is 8.41. The van der Waals surface area contributed by atoms with E-state index >= 15 is 0 Å². The molecular formula is C18H20N2O7. The van der Waals surface area contributed by atoms with Crippen molar-refractivity contribution >= 4 is 28.9 Å². The summed E-state index contributed by atoms with van der Waals surface area (Å²) in [4.78, 5) is 38.7. The zero-order chi connectivity index (χ0) is 19.6. The molecule has 0 saturated carbocycles. The molecule has 0 amide bonds. The van der Waals surface area contributed by atoms with Crippen molar-refractivity contribution in [2.24, 2.45) is 0 Å². The van der Waals surface area contributed by atoms with Gasteiger partial charge in [-0.05, 0) is 12.1 Å². The van der Waals surface area contributed by atoms with Gasteiger partial charge in [0.1, 0.15) is 12.7 Å². The third-order valence-corrected chi connectivity index (χ3v) is 4.10. The van der Waals surface area contributed by atoms with Gasteiger partial charge in [-0.15, -0.1) is 0 Å². The molecule has 1 saturated heterocycles. The van der Waals surface area contributed by atoms with Gasteiger partial charge in [-0.2, -0.15) is 0 Å². The van der Waals surface area contributed by atoms with Crippen LogP contribution in [0, 0.1) is 0 Å². The third-order valence-electron chi connectivity index (χ3n) is 4.10. The Kier molecular flexibility index (Phi) is 5.41. The highest BCUT2D eigenvalue weighted by Crippen LogP contribution is 2.36. The van der Waals surface area contributed by atoms with Crippen LogP contribution >= 0.6 is 0 Å². The largest absolute Gasteiger partial charge is 0.463 e. The molecule has 0 unspecified atom stereocenters. The molecule has 2 heterocycles. The van der Waals surface area contributed by atoms with E-state index in [0.717, 1.165) is 11.0 Å². The van der Waals surface area contributed by atoms with Gasteiger partial charge in [0.25, 0.3) is 0 Å². The van der Waals surface area contributed by atoms with Crippen LogP contribution in [0.15, 0.2) is 30.6 Å². The number of benzene rings is 1. The van der Waals surface area contributed by atoms with E-state index in [1.54, 1.807) is 10.9 Å². The summed E-state index contributed by atoms with van der Waals surface area (Å²) in [7, 11) is 0. The molecule has 0 radical (unpaired) electrons. The maximum Gasteiger partial charge on any atom is 0.303 e. The van der Waals surface area contributed by atoms with Crippen molar-refractivity contribution in [3.05, 3.63) is 30.6 Å². The van der Waals surface area contributed by atoms with Crippen LogP contribution in [0.3, 0.4) is 0 Å². The lowest BCUT2D eigenvalue weighted by molar-refractivity contribution is -0.166. The summed E-state index contributed by atoms with van der Waals surface area (Å²) in [5, 5.41) is 0. The molecule has 4 atom stereocenters. The minimum atomic E-state index is -0.933. The molecule has 144 valence electrons. The summed E-state index contributed by atoms with van der Waals surface area (Å²) in [6.07, 6.45) is -1.90. The molecule has 0 aliphatic carbocycles. The van der Waals surface area contributed by atoms with E-state index < -0.39 is 42.4 Å². The molecule has 1 aliphatic heterocycles. The second kappa shape index (κ2) is 7.75. The number of carbonyl (C=O) groups is 3. The molecule has 2 aromatic rings. The first-order valence-electron chi connectivity index (χ1n) is 8.41. The summed E-state index contributed by atoms with van der Waals surface area (Å²) < 4.78 is 23.5. The van der Waals surface area contributed by atoms with Crippen molar-refractivity contribution < 1.29 is 33.3 Å². The average molecular weight is 376 g/mol. The number of hydrogen-bond donors (Lipinski definition) is 0. The molecule has 1 fully saturated rings. The van der Waals surface area contributed by atoms with Crippen molar-refractivity contribution in [2.75, 3.05) is 6.61 Å². The number of nitrogens with zero attached hydrogens (tertiary/aromatic N) is 2. The second-order valence-electron chi connectivity index (χ2n) is 6.16. The molecule has 3 rings (SSSR count). The maximum atomic E-state index is 11.7. The Morgan fingerprint density at radius 3 is 2.37 bits per heavy atom. The molecule has 0 bridgehead atoms. The summed E-state index contributed by atoms with van der Waals surface area (Å²) in [6, 6.07) is 7.37. The highest BCUT2D eigenvalue weighted by molar-refractivity contribution is 5.75. The maximum absolute atomic E-state index is 11.7. The molecule has 1 aromatic carbocycles. The van der Waals surface area contributed by atoms with Crippen LogP contribution in [0.25, 0.3) is 11.0 Å². The first-order chi connectivity index (χ1) is 12.9. The molecule has 9 heteroatoms. The molecule has 1 aliphatic rings. The van der Waals surface area contributed by atoms with Crippen molar-refractivity contribution in [2.45, 2.75) is 45.3 Å². The Bertz CT molecular complexity index is 862. The van der Waals surface area contributed by atoms with Gasteiger partial charge < -0.3 is 23.5 Å². The number of imidazole rings is 1. The van der Waals surface area contributed by atoms with Crippen LogP contribution in [0.2, 0.25) is 0 Å². The standard InChI is InChI=1S/C18H20N2O7/c1-10(21)24-8-15-16(25-11(2)22)17(26-12(3)23)18(27-15)20-9-19-13-6-4-5-7-14(13)20/h4-7,9,15-18H,8H2,1-3H3/t15-,16-,17-,18-/m0/s1. The third kappa shape index (κ3) is 4.08. The van der Waals surface area contributed by atoms with Crippen LogP contribution in [0.5, 0.6) is 0 Å². The van der Waals surface area contributed by atoms with E-state index in [4.69, 9.17) is 18.9 Å². The fraction of sp³-hybridized carbons (Fsp3) is 0.444. The van der Waals surface area contributed by atoms with Crippen LogP contribution in [-0.4, -0.2) is 52.4 Å². The Labute approximate surface area is 155 Å². The number of ether oxygens (including phenoxy) is 4. The average Bonchev–Trinajstić information content (AvgIpc) is 3.15. The second-order valence-corrected chi connectivity index (χ2v) is 6.16. The number of esters is 3. The van der Waals surface area contributed by atoms with Gasteiger partial charge in [-0.25, -0.2) is 4.98 Å². The van der Waals surface area contributed by atoms with Crippen LogP contribution in [-0.2, 0) is 33.3 Å². The van der Waals surface area contributed by atoms with E-state index in [1.807, 2.05) is 24.3 Å². The topological polar surface area (TPSA) is 106 Å². The zero-order valence-electron chi connectivity index (χ0n) is 15.2. The van der Waals surface area contributed by atoms with Crippen LogP contribution in [0.4, 0.5) is 0 Å². The Balaban J connectivity index is 1.98. The fourth-order valence-corrected chi connectivity index (χ4v) is 3.10. The first kappa shape index (κ1) is 18.8. The molecule has 0 spiro atoms. The monoisotopic (exact) mass is 376 g/mol. The number of rotatable bonds is 5. The number of hydrogen-bond acceptors (Lipinski definition) is 8. The van der Waals surface area contributed by atoms with Crippen molar-refractivity contribution in [1.82, 2.24) is 9.55 Å². The number of aromatic nitrogens is 2. The molecule has 9 nitrogen and oxygen atoms in total. The number of fused-ring (bicyclic) bond motifs is 1. The predicted octanol–water partition coefficient (Wildman–Crippen LogP) is 1.36. The SMILES string of the molecule is CC(=O)OC[C@@H]1O[C@H](n2cnc3ccccc32)[C@@H](OC(C)=O)[C@H]1OC(C)=O. The summed E-state index contributed by atoms with van der Waals surface area (Å²) in [5.74, 6) is -1.62. The number of para-hydroxylation sites is 2. The molecular weight excluding hydrogens is 356 g/mol. The van der Waals surface area contributed by atoms with Gasteiger partial charge >= 0.3 is 17.9 Å². The van der Waals surface area contributed by atoms with E-state index in [-0.39, 0.29) is 6.61 Å². The highest BCUT2D eigenvalue weighted by Gasteiger charge is 2.50. The van der Waals surface area contributed by atoms with Crippen molar-refractivity contribution in [3.8, 4) is 0 Å². The lowest BCUT2D eigenvalue weighted by Crippen LogP contribution is -2.40. The lowest BCUT2D eigenvalue weighted by atomic mass is 10.1. The van der Waals surface area contributed by atoms with Crippen molar-refractivity contribution in [3.63, 3.8) is 0 Å². The fourth-order valence-electron chi connectivity index (χ4n) is 3.10. The Hall–Kier alpha value is -2.94. The Morgan fingerprint density at radius 2 is 1.70 bits per heavy atom. The van der Waals surface area contributed by atoms with E-state index in [0.29, 0.717) is 0 Å². The molecule has 27 heavy (non-hydrogen) atoms. The van der Waals surface area contributed by atoms with E-state index in [2.05, 4.69) is 4.98 Å². The van der Waals surface area contributed by atoms with Crippen molar-refractivity contribution in [1.29, 1.82) is 0 Å². The smallest absolute Gasteiger partial charge is 0.303 e.